The van der Waals surface area contributed by atoms with Crippen molar-refractivity contribution in [3.8, 4) is 17.1 Å². The molecule has 2 aromatic heterocycles. The quantitative estimate of drug-likeness (QED) is 0.495. The molecule has 2 heterocycles. The van der Waals surface area contributed by atoms with Crippen LogP contribution in [0.3, 0.4) is 0 Å². The highest BCUT2D eigenvalue weighted by molar-refractivity contribution is 5.94. The number of rotatable bonds is 6. The molecular formula is C25H25N3O2. The largest absolute Gasteiger partial charge is 0.460 e. The van der Waals surface area contributed by atoms with Gasteiger partial charge in [-0.05, 0) is 56.5 Å². The van der Waals surface area contributed by atoms with Gasteiger partial charge in [0.1, 0.15) is 17.1 Å². The Labute approximate surface area is 176 Å². The van der Waals surface area contributed by atoms with E-state index >= 15 is 0 Å². The molecule has 0 aliphatic heterocycles. The Hall–Kier alpha value is -3.60. The van der Waals surface area contributed by atoms with E-state index in [0.717, 1.165) is 23.4 Å². The van der Waals surface area contributed by atoms with Crippen molar-refractivity contribution < 1.29 is 9.21 Å². The standard InChI is InChI=1S/C25H25N3O2/c1-17-9-11-22(18(2)15-17)28-23(16-21(27-28)24-12-10-19(3)30-24)25(29)26-14-13-20-7-5-4-6-8-20/h4-12,15-16H,13-14H2,1-3H3,(H,26,29). The highest BCUT2D eigenvalue weighted by Gasteiger charge is 2.20. The van der Waals surface area contributed by atoms with Crippen LogP contribution in [0.25, 0.3) is 17.1 Å². The normalized spacial score (nSPS) is 10.9. The first-order valence-corrected chi connectivity index (χ1v) is 10.1. The van der Waals surface area contributed by atoms with Gasteiger partial charge in [0.25, 0.3) is 5.91 Å². The average molecular weight is 399 g/mol. The molecule has 5 heteroatoms. The minimum atomic E-state index is -0.159. The predicted octanol–water partition coefficient (Wildman–Crippen LogP) is 5.03. The number of benzene rings is 2. The second-order valence-corrected chi connectivity index (χ2v) is 7.52. The zero-order valence-corrected chi connectivity index (χ0v) is 17.5. The molecule has 1 amide bonds. The van der Waals surface area contributed by atoms with Crippen LogP contribution in [0.5, 0.6) is 0 Å². The monoisotopic (exact) mass is 399 g/mol. The third-order valence-electron chi connectivity index (χ3n) is 5.06. The summed E-state index contributed by atoms with van der Waals surface area (Å²) in [6.45, 7) is 6.52. The number of amides is 1. The Bertz CT molecular complexity index is 1170. The SMILES string of the molecule is Cc1ccc(-n2nc(-c3ccc(C)o3)cc2C(=O)NCCc2ccccc2)c(C)c1. The van der Waals surface area contributed by atoms with Gasteiger partial charge in [0.05, 0.1) is 5.69 Å². The summed E-state index contributed by atoms with van der Waals surface area (Å²) in [6.07, 6.45) is 0.772. The van der Waals surface area contributed by atoms with E-state index in [4.69, 9.17) is 9.52 Å². The molecule has 0 atom stereocenters. The minimum absolute atomic E-state index is 0.159. The lowest BCUT2D eigenvalue weighted by atomic mass is 10.1. The molecule has 0 radical (unpaired) electrons. The maximum absolute atomic E-state index is 13.1. The van der Waals surface area contributed by atoms with Crippen LogP contribution in [0.15, 0.2) is 71.1 Å². The van der Waals surface area contributed by atoms with Crippen LogP contribution in [0.2, 0.25) is 0 Å². The number of aromatic nitrogens is 2. The van der Waals surface area contributed by atoms with Gasteiger partial charge in [-0.15, -0.1) is 0 Å². The first-order valence-electron chi connectivity index (χ1n) is 10.1. The van der Waals surface area contributed by atoms with Crippen molar-refractivity contribution in [1.82, 2.24) is 15.1 Å². The predicted molar refractivity (Wildman–Crippen MR) is 118 cm³/mol. The Balaban J connectivity index is 1.64. The molecule has 4 rings (SSSR count). The van der Waals surface area contributed by atoms with Crippen LogP contribution in [0, 0.1) is 20.8 Å². The lowest BCUT2D eigenvalue weighted by molar-refractivity contribution is 0.0946. The number of nitrogens with one attached hydrogen (secondary N) is 1. The Morgan fingerprint density at radius 3 is 2.50 bits per heavy atom. The molecule has 2 aromatic carbocycles. The minimum Gasteiger partial charge on any atom is -0.460 e. The van der Waals surface area contributed by atoms with Gasteiger partial charge in [-0.1, -0.05) is 48.0 Å². The molecule has 4 aromatic rings. The smallest absolute Gasteiger partial charge is 0.270 e. The number of furan rings is 1. The van der Waals surface area contributed by atoms with Gasteiger partial charge in [-0.25, -0.2) is 4.68 Å². The summed E-state index contributed by atoms with van der Waals surface area (Å²) in [6, 6.07) is 21.8. The fourth-order valence-electron chi connectivity index (χ4n) is 3.52. The zero-order valence-electron chi connectivity index (χ0n) is 17.5. The molecule has 0 saturated heterocycles. The van der Waals surface area contributed by atoms with Crippen LogP contribution in [-0.2, 0) is 6.42 Å². The fourth-order valence-corrected chi connectivity index (χ4v) is 3.52. The number of aryl methyl sites for hydroxylation is 3. The van der Waals surface area contributed by atoms with E-state index in [1.165, 1.54) is 11.1 Å². The summed E-state index contributed by atoms with van der Waals surface area (Å²) in [7, 11) is 0. The first kappa shape index (κ1) is 19.7. The van der Waals surface area contributed by atoms with Crippen LogP contribution in [0.4, 0.5) is 0 Å². The maximum Gasteiger partial charge on any atom is 0.270 e. The Morgan fingerprint density at radius 2 is 1.80 bits per heavy atom. The van der Waals surface area contributed by atoms with E-state index in [0.29, 0.717) is 23.7 Å². The summed E-state index contributed by atoms with van der Waals surface area (Å²) >= 11 is 0. The Morgan fingerprint density at radius 1 is 1.00 bits per heavy atom. The van der Waals surface area contributed by atoms with Crippen molar-refractivity contribution in [2.24, 2.45) is 0 Å². The average Bonchev–Trinajstić information content (AvgIpc) is 3.35. The van der Waals surface area contributed by atoms with E-state index in [1.807, 2.05) is 63.2 Å². The summed E-state index contributed by atoms with van der Waals surface area (Å²) in [5.74, 6) is 1.29. The summed E-state index contributed by atoms with van der Waals surface area (Å²) < 4.78 is 7.44. The first-order chi connectivity index (χ1) is 14.5. The van der Waals surface area contributed by atoms with Crippen molar-refractivity contribution in [2.45, 2.75) is 27.2 Å². The topological polar surface area (TPSA) is 60.1 Å². The van der Waals surface area contributed by atoms with Crippen molar-refractivity contribution >= 4 is 5.91 Å². The number of carbonyl (C=O) groups excluding carboxylic acids is 1. The second kappa shape index (κ2) is 8.41. The highest BCUT2D eigenvalue weighted by atomic mass is 16.3. The van der Waals surface area contributed by atoms with E-state index in [9.17, 15) is 4.79 Å². The molecule has 0 bridgehead atoms. The van der Waals surface area contributed by atoms with E-state index in [-0.39, 0.29) is 5.91 Å². The summed E-state index contributed by atoms with van der Waals surface area (Å²) in [4.78, 5) is 13.1. The van der Waals surface area contributed by atoms with Crippen LogP contribution in [0.1, 0.15) is 32.9 Å². The lowest BCUT2D eigenvalue weighted by Crippen LogP contribution is -2.28. The number of carbonyl (C=O) groups is 1. The molecule has 0 saturated carbocycles. The highest BCUT2D eigenvalue weighted by Crippen LogP contribution is 2.25. The molecule has 152 valence electrons. The number of hydrogen-bond donors (Lipinski definition) is 1. The zero-order chi connectivity index (χ0) is 21.1. The van der Waals surface area contributed by atoms with Gasteiger partial charge in [0, 0.05) is 12.6 Å². The van der Waals surface area contributed by atoms with Crippen LogP contribution in [-0.4, -0.2) is 22.2 Å². The third-order valence-corrected chi connectivity index (χ3v) is 5.06. The maximum atomic E-state index is 13.1. The van der Waals surface area contributed by atoms with Gasteiger partial charge >= 0.3 is 0 Å². The fraction of sp³-hybridized carbons (Fsp3) is 0.200. The van der Waals surface area contributed by atoms with Gasteiger partial charge in [0.15, 0.2) is 5.76 Å². The molecule has 0 spiro atoms. The molecule has 30 heavy (non-hydrogen) atoms. The summed E-state index contributed by atoms with van der Waals surface area (Å²) in [5.41, 5.74) is 5.41. The van der Waals surface area contributed by atoms with Crippen LogP contribution < -0.4 is 5.32 Å². The van der Waals surface area contributed by atoms with E-state index in [2.05, 4.69) is 23.5 Å². The second-order valence-electron chi connectivity index (χ2n) is 7.52. The van der Waals surface area contributed by atoms with Crippen molar-refractivity contribution in [1.29, 1.82) is 0 Å². The van der Waals surface area contributed by atoms with E-state index in [1.54, 1.807) is 10.7 Å². The summed E-state index contributed by atoms with van der Waals surface area (Å²) in [5, 5.41) is 7.73. The number of hydrogen-bond acceptors (Lipinski definition) is 3. The van der Waals surface area contributed by atoms with Crippen molar-refractivity contribution in [3.05, 3.63) is 94.9 Å². The molecule has 0 unspecified atom stereocenters. The van der Waals surface area contributed by atoms with Crippen molar-refractivity contribution in [3.63, 3.8) is 0 Å². The van der Waals surface area contributed by atoms with Crippen molar-refractivity contribution in [2.75, 3.05) is 6.54 Å². The molecule has 0 fully saturated rings. The lowest BCUT2D eigenvalue weighted by Gasteiger charge is -2.11. The third kappa shape index (κ3) is 4.20. The number of nitrogens with zero attached hydrogens (tertiary/aromatic N) is 2. The van der Waals surface area contributed by atoms with Gasteiger partial charge in [-0.2, -0.15) is 5.10 Å². The molecular weight excluding hydrogens is 374 g/mol. The molecule has 1 N–H and O–H groups in total. The molecule has 0 aliphatic rings. The van der Waals surface area contributed by atoms with Gasteiger partial charge < -0.3 is 9.73 Å². The Kier molecular flexibility index (Phi) is 5.53. The van der Waals surface area contributed by atoms with Gasteiger partial charge in [0.2, 0.25) is 0 Å². The molecule has 0 aliphatic carbocycles. The molecule has 5 nitrogen and oxygen atoms in total. The van der Waals surface area contributed by atoms with E-state index < -0.39 is 0 Å². The van der Waals surface area contributed by atoms with Crippen LogP contribution >= 0.6 is 0 Å². The van der Waals surface area contributed by atoms with Gasteiger partial charge in [-0.3, -0.25) is 4.79 Å².